The Morgan fingerprint density at radius 1 is 1.30 bits per heavy atom. The summed E-state index contributed by atoms with van der Waals surface area (Å²) in [5.41, 5.74) is 2.12. The minimum Gasteiger partial charge on any atom is -0.481 e. The fourth-order valence-electron chi connectivity index (χ4n) is 2.39. The first-order chi connectivity index (χ1) is 9.74. The highest BCUT2D eigenvalue weighted by Gasteiger charge is 2.10. The molecule has 0 spiro atoms. The lowest BCUT2D eigenvalue weighted by Crippen LogP contribution is -1.98. The summed E-state index contributed by atoms with van der Waals surface area (Å²) in [5, 5.41) is 13.6. The summed E-state index contributed by atoms with van der Waals surface area (Å²) in [6.45, 7) is 0.591. The highest BCUT2D eigenvalue weighted by molar-refractivity contribution is 5.84. The lowest BCUT2D eigenvalue weighted by molar-refractivity contribution is -0.136. The molecule has 0 amide bonds. The van der Waals surface area contributed by atoms with Crippen LogP contribution in [0.3, 0.4) is 0 Å². The number of hydrogen-bond acceptors (Lipinski definition) is 3. The van der Waals surface area contributed by atoms with Crippen molar-refractivity contribution in [3.05, 3.63) is 54.0 Å². The van der Waals surface area contributed by atoms with Crippen LogP contribution in [0.15, 0.2) is 47.2 Å². The number of para-hydroxylation sites is 1. The van der Waals surface area contributed by atoms with Crippen LogP contribution in [0.5, 0.6) is 0 Å². The summed E-state index contributed by atoms with van der Waals surface area (Å²) in [5.74, 6) is -0.00685. The fraction of sp³-hybridized carbons (Fsp3) is 0.200. The minimum absolute atomic E-state index is 0.135. The van der Waals surface area contributed by atoms with Crippen LogP contribution in [0.25, 0.3) is 10.9 Å². The van der Waals surface area contributed by atoms with Crippen LogP contribution in [0.4, 0.5) is 0 Å². The molecular weight excluding hydrogens is 256 g/mol. The van der Waals surface area contributed by atoms with E-state index in [-0.39, 0.29) is 6.42 Å². The first-order valence-electron chi connectivity index (χ1n) is 6.42. The normalized spacial score (nSPS) is 11.0. The molecule has 1 aromatic carbocycles. The number of nitrogens with zero attached hydrogens (tertiary/aromatic N) is 2. The van der Waals surface area contributed by atoms with E-state index in [0.717, 1.165) is 22.2 Å². The van der Waals surface area contributed by atoms with Gasteiger partial charge in [-0.1, -0.05) is 23.4 Å². The molecule has 0 saturated heterocycles. The first-order valence-corrected chi connectivity index (χ1v) is 6.42. The van der Waals surface area contributed by atoms with E-state index >= 15 is 0 Å². The number of aromatic nitrogens is 2. The van der Waals surface area contributed by atoms with Crippen LogP contribution in [0.1, 0.15) is 17.7 Å². The van der Waals surface area contributed by atoms with Gasteiger partial charge in [-0.05, 0) is 18.1 Å². The van der Waals surface area contributed by atoms with Gasteiger partial charge in [0.25, 0.3) is 0 Å². The maximum atomic E-state index is 10.7. The number of aliphatic carboxylic acids is 1. The number of rotatable bonds is 5. The van der Waals surface area contributed by atoms with E-state index in [1.165, 1.54) is 0 Å². The third-order valence-corrected chi connectivity index (χ3v) is 3.30. The number of aryl methyl sites for hydroxylation is 1. The molecule has 5 nitrogen and oxygen atoms in total. The number of fused-ring (bicyclic) bond motifs is 1. The molecule has 0 saturated carbocycles. The van der Waals surface area contributed by atoms with Gasteiger partial charge in [-0.25, -0.2) is 0 Å². The Morgan fingerprint density at radius 3 is 2.90 bits per heavy atom. The van der Waals surface area contributed by atoms with Crippen molar-refractivity contribution >= 4 is 16.9 Å². The van der Waals surface area contributed by atoms with E-state index in [0.29, 0.717) is 13.0 Å². The van der Waals surface area contributed by atoms with Gasteiger partial charge in [0.2, 0.25) is 0 Å². The van der Waals surface area contributed by atoms with E-state index in [1.54, 1.807) is 6.20 Å². The van der Waals surface area contributed by atoms with Crippen LogP contribution in [-0.2, 0) is 17.8 Å². The average molecular weight is 270 g/mol. The Kier molecular flexibility index (Phi) is 3.25. The third kappa shape index (κ3) is 2.42. The molecule has 3 rings (SSSR count). The van der Waals surface area contributed by atoms with Crippen molar-refractivity contribution < 1.29 is 14.4 Å². The Morgan fingerprint density at radius 2 is 2.15 bits per heavy atom. The summed E-state index contributed by atoms with van der Waals surface area (Å²) in [6.07, 6.45) is 4.28. The van der Waals surface area contributed by atoms with Gasteiger partial charge in [0.15, 0.2) is 5.76 Å². The maximum Gasteiger partial charge on any atom is 0.303 e. The van der Waals surface area contributed by atoms with Gasteiger partial charge in [0.05, 0.1) is 12.7 Å². The van der Waals surface area contributed by atoms with Crippen LogP contribution in [-0.4, -0.2) is 20.8 Å². The highest BCUT2D eigenvalue weighted by atomic mass is 16.5. The molecule has 0 atom stereocenters. The number of carboxylic acids is 1. The van der Waals surface area contributed by atoms with Gasteiger partial charge in [-0.15, -0.1) is 0 Å². The van der Waals surface area contributed by atoms with Crippen molar-refractivity contribution in [3.8, 4) is 0 Å². The molecule has 0 bridgehead atoms. The molecule has 0 unspecified atom stereocenters. The minimum atomic E-state index is -0.780. The quantitative estimate of drug-likeness (QED) is 0.774. The van der Waals surface area contributed by atoms with Gasteiger partial charge in [0.1, 0.15) is 0 Å². The highest BCUT2D eigenvalue weighted by Crippen LogP contribution is 2.23. The monoisotopic (exact) mass is 270 g/mol. The Balaban J connectivity index is 1.97. The van der Waals surface area contributed by atoms with Gasteiger partial charge < -0.3 is 14.2 Å². The van der Waals surface area contributed by atoms with Crippen molar-refractivity contribution in [2.75, 3.05) is 0 Å². The van der Waals surface area contributed by atoms with E-state index in [2.05, 4.69) is 9.72 Å². The molecule has 0 aliphatic rings. The van der Waals surface area contributed by atoms with Crippen molar-refractivity contribution in [2.24, 2.45) is 0 Å². The molecule has 0 radical (unpaired) electrons. The van der Waals surface area contributed by atoms with Gasteiger partial charge in [-0.3, -0.25) is 4.79 Å². The predicted molar refractivity (Wildman–Crippen MR) is 73.5 cm³/mol. The largest absolute Gasteiger partial charge is 0.481 e. The fourth-order valence-corrected chi connectivity index (χ4v) is 2.39. The summed E-state index contributed by atoms with van der Waals surface area (Å²) in [6, 6.07) is 9.80. The standard InChI is InChI=1S/C15H14N2O3/c18-15(19)6-5-11-9-17(10-12-7-8-16-20-12)14-4-2-1-3-13(11)14/h1-4,7-9H,5-6,10H2,(H,18,19). The number of hydrogen-bond donors (Lipinski definition) is 1. The van der Waals surface area contributed by atoms with Gasteiger partial charge >= 0.3 is 5.97 Å². The van der Waals surface area contributed by atoms with E-state index in [1.807, 2.05) is 36.5 Å². The number of carboxylic acid groups (broad SMARTS) is 1. The van der Waals surface area contributed by atoms with E-state index in [9.17, 15) is 4.79 Å². The van der Waals surface area contributed by atoms with Crippen molar-refractivity contribution in [1.29, 1.82) is 0 Å². The zero-order valence-electron chi connectivity index (χ0n) is 10.8. The summed E-state index contributed by atoms with van der Waals surface area (Å²) >= 11 is 0. The number of benzene rings is 1. The van der Waals surface area contributed by atoms with Gasteiger partial charge in [-0.2, -0.15) is 0 Å². The second kappa shape index (κ2) is 5.21. The Bertz CT molecular complexity index is 729. The van der Waals surface area contributed by atoms with Crippen molar-refractivity contribution in [3.63, 3.8) is 0 Å². The van der Waals surface area contributed by atoms with Crippen LogP contribution >= 0.6 is 0 Å². The first kappa shape index (κ1) is 12.5. The van der Waals surface area contributed by atoms with Gasteiger partial charge in [0, 0.05) is 29.6 Å². The molecule has 102 valence electrons. The molecule has 0 aliphatic heterocycles. The number of carbonyl (C=O) groups is 1. The van der Waals surface area contributed by atoms with Crippen LogP contribution in [0, 0.1) is 0 Å². The molecule has 2 aromatic heterocycles. The molecule has 1 N–H and O–H groups in total. The lowest BCUT2D eigenvalue weighted by Gasteiger charge is -2.01. The molecule has 20 heavy (non-hydrogen) atoms. The summed E-state index contributed by atoms with van der Waals surface area (Å²) < 4.78 is 7.19. The van der Waals surface area contributed by atoms with Crippen molar-refractivity contribution in [1.82, 2.24) is 9.72 Å². The second-order valence-corrected chi connectivity index (χ2v) is 4.67. The summed E-state index contributed by atoms with van der Waals surface area (Å²) in [4.78, 5) is 10.7. The molecule has 2 heterocycles. The van der Waals surface area contributed by atoms with Crippen molar-refractivity contribution in [2.45, 2.75) is 19.4 Å². The Labute approximate surface area is 115 Å². The SMILES string of the molecule is O=C(O)CCc1cn(Cc2ccno2)c2ccccc12. The molecular formula is C15H14N2O3. The maximum absolute atomic E-state index is 10.7. The van der Waals surface area contributed by atoms with E-state index in [4.69, 9.17) is 9.63 Å². The Hall–Kier alpha value is -2.56. The molecule has 3 aromatic rings. The zero-order valence-corrected chi connectivity index (χ0v) is 10.8. The molecule has 5 heteroatoms. The average Bonchev–Trinajstić information content (AvgIpc) is 3.06. The molecule has 0 aliphatic carbocycles. The van der Waals surface area contributed by atoms with Crippen LogP contribution < -0.4 is 0 Å². The second-order valence-electron chi connectivity index (χ2n) is 4.67. The zero-order chi connectivity index (χ0) is 13.9. The third-order valence-electron chi connectivity index (χ3n) is 3.30. The predicted octanol–water partition coefficient (Wildman–Crippen LogP) is 2.69. The van der Waals surface area contributed by atoms with E-state index < -0.39 is 5.97 Å². The molecule has 0 fully saturated rings. The summed E-state index contributed by atoms with van der Waals surface area (Å²) in [7, 11) is 0. The lowest BCUT2D eigenvalue weighted by atomic mass is 10.1. The topological polar surface area (TPSA) is 68.3 Å². The van der Waals surface area contributed by atoms with Crippen LogP contribution in [0.2, 0.25) is 0 Å². The smallest absolute Gasteiger partial charge is 0.303 e.